The third-order valence-electron chi connectivity index (χ3n) is 4.43. The van der Waals surface area contributed by atoms with Crippen LogP contribution in [0.4, 0.5) is 4.79 Å². The third-order valence-corrected chi connectivity index (χ3v) is 5.31. The molecule has 8 nitrogen and oxygen atoms in total. The number of amides is 4. The van der Waals surface area contributed by atoms with Crippen LogP contribution in [0.25, 0.3) is 0 Å². The average Bonchev–Trinajstić information content (AvgIpc) is 3.22. The fourth-order valence-electron chi connectivity index (χ4n) is 2.70. The van der Waals surface area contributed by atoms with Crippen molar-refractivity contribution in [1.82, 2.24) is 15.5 Å². The first-order valence-corrected chi connectivity index (χ1v) is 9.34. The van der Waals surface area contributed by atoms with Gasteiger partial charge in [-0.15, -0.1) is 11.3 Å². The summed E-state index contributed by atoms with van der Waals surface area (Å²) in [4.78, 5) is 50.3. The topological polar surface area (TPSA) is 105 Å². The van der Waals surface area contributed by atoms with Gasteiger partial charge in [-0.3, -0.25) is 19.3 Å². The number of esters is 1. The molecule has 9 heteroatoms. The summed E-state index contributed by atoms with van der Waals surface area (Å²) >= 11 is 1.51. The molecule has 1 saturated heterocycles. The number of rotatable bonds is 8. The number of imide groups is 1. The molecule has 1 aliphatic heterocycles. The standard InChI is InChI=1S/C17H23N3O5S/c1-4-17(5-2)15(23)20(16(24)19-17)10-13(21)25-11(3)14(22)18-9-12-7-6-8-26-12/h6-8,11H,4-5,9-10H2,1-3H3,(H,18,22)(H,19,24)/t11-/m0/s1. The van der Waals surface area contributed by atoms with Crippen LogP contribution in [-0.4, -0.2) is 46.9 Å². The molecule has 0 aliphatic carbocycles. The molecule has 26 heavy (non-hydrogen) atoms. The van der Waals surface area contributed by atoms with E-state index >= 15 is 0 Å². The Bertz CT molecular complexity index is 685. The zero-order valence-electron chi connectivity index (χ0n) is 15.0. The number of ether oxygens (including phenoxy) is 1. The van der Waals surface area contributed by atoms with Gasteiger partial charge in [-0.2, -0.15) is 0 Å². The average molecular weight is 381 g/mol. The second-order valence-corrected chi connectivity index (χ2v) is 7.07. The number of urea groups is 1. The number of thiophene rings is 1. The van der Waals surface area contributed by atoms with Crippen molar-refractivity contribution in [2.75, 3.05) is 6.54 Å². The molecule has 1 aromatic heterocycles. The maximum absolute atomic E-state index is 12.4. The van der Waals surface area contributed by atoms with Crippen LogP contribution in [0.3, 0.4) is 0 Å². The minimum absolute atomic E-state index is 0.348. The summed E-state index contributed by atoms with van der Waals surface area (Å²) in [5.41, 5.74) is -0.971. The van der Waals surface area contributed by atoms with Crippen LogP contribution in [0.1, 0.15) is 38.5 Å². The number of carbonyl (C=O) groups excluding carboxylic acids is 4. The Morgan fingerprint density at radius 3 is 2.58 bits per heavy atom. The van der Waals surface area contributed by atoms with Gasteiger partial charge < -0.3 is 15.4 Å². The maximum Gasteiger partial charge on any atom is 0.327 e. The number of nitrogens with zero attached hydrogens (tertiary/aromatic N) is 1. The first-order valence-electron chi connectivity index (χ1n) is 8.46. The molecule has 2 N–H and O–H groups in total. The smallest absolute Gasteiger partial charge is 0.327 e. The molecule has 142 valence electrons. The molecular weight excluding hydrogens is 358 g/mol. The molecule has 0 radical (unpaired) electrons. The summed E-state index contributed by atoms with van der Waals surface area (Å²) in [5.74, 6) is -1.70. The lowest BCUT2D eigenvalue weighted by molar-refractivity contribution is -0.156. The van der Waals surface area contributed by atoms with Crippen LogP contribution in [0.2, 0.25) is 0 Å². The SMILES string of the molecule is CCC1(CC)NC(=O)N(CC(=O)O[C@@H](C)C(=O)NCc2cccs2)C1=O. The predicted molar refractivity (Wildman–Crippen MR) is 95.3 cm³/mol. The Hall–Kier alpha value is -2.42. The van der Waals surface area contributed by atoms with E-state index in [2.05, 4.69) is 10.6 Å². The van der Waals surface area contributed by atoms with Crippen molar-refractivity contribution in [2.45, 2.75) is 51.8 Å². The molecule has 2 heterocycles. The Labute approximate surface area is 155 Å². The van der Waals surface area contributed by atoms with Gasteiger partial charge >= 0.3 is 12.0 Å². The van der Waals surface area contributed by atoms with Crippen molar-refractivity contribution in [3.8, 4) is 0 Å². The van der Waals surface area contributed by atoms with E-state index in [-0.39, 0.29) is 0 Å². The largest absolute Gasteiger partial charge is 0.451 e. The molecule has 4 amide bonds. The number of carbonyl (C=O) groups is 4. The minimum atomic E-state index is -1.02. The summed E-state index contributed by atoms with van der Waals surface area (Å²) in [5, 5.41) is 7.20. The normalized spacial score (nSPS) is 17.0. The molecule has 0 bridgehead atoms. The lowest BCUT2D eigenvalue weighted by Crippen LogP contribution is -2.46. The van der Waals surface area contributed by atoms with E-state index in [1.54, 1.807) is 13.8 Å². The number of nitrogens with one attached hydrogen (secondary N) is 2. The van der Waals surface area contributed by atoms with Crippen LogP contribution >= 0.6 is 11.3 Å². The summed E-state index contributed by atoms with van der Waals surface area (Å²) in [6.45, 7) is 4.86. The van der Waals surface area contributed by atoms with Crippen LogP contribution in [0, 0.1) is 0 Å². The lowest BCUT2D eigenvalue weighted by atomic mass is 9.93. The molecule has 0 saturated carbocycles. The van der Waals surface area contributed by atoms with Gasteiger partial charge in [0.1, 0.15) is 12.1 Å². The van der Waals surface area contributed by atoms with Gasteiger partial charge in [-0.05, 0) is 31.2 Å². The first kappa shape index (κ1) is 19.9. The van der Waals surface area contributed by atoms with E-state index in [0.29, 0.717) is 19.4 Å². The molecule has 0 spiro atoms. The van der Waals surface area contributed by atoms with E-state index in [9.17, 15) is 19.2 Å². The summed E-state index contributed by atoms with van der Waals surface area (Å²) in [7, 11) is 0. The van der Waals surface area contributed by atoms with Gasteiger partial charge in [0.15, 0.2) is 6.10 Å². The Kier molecular flexibility index (Phi) is 6.36. The molecule has 1 fully saturated rings. The zero-order chi connectivity index (χ0) is 19.3. The fourth-order valence-corrected chi connectivity index (χ4v) is 3.34. The second kappa shape index (κ2) is 8.31. The van der Waals surface area contributed by atoms with Crippen LogP contribution in [0.5, 0.6) is 0 Å². The number of hydrogen-bond acceptors (Lipinski definition) is 6. The van der Waals surface area contributed by atoms with Crippen molar-refractivity contribution < 1.29 is 23.9 Å². The Morgan fingerprint density at radius 2 is 2.04 bits per heavy atom. The highest BCUT2D eigenvalue weighted by Crippen LogP contribution is 2.24. The highest BCUT2D eigenvalue weighted by atomic mass is 32.1. The first-order chi connectivity index (χ1) is 12.3. The van der Waals surface area contributed by atoms with Crippen LogP contribution in [-0.2, 0) is 25.7 Å². The highest BCUT2D eigenvalue weighted by molar-refractivity contribution is 7.09. The monoisotopic (exact) mass is 381 g/mol. The Morgan fingerprint density at radius 1 is 1.35 bits per heavy atom. The predicted octanol–water partition coefficient (Wildman–Crippen LogP) is 1.41. The van der Waals surface area contributed by atoms with Gasteiger partial charge in [0.05, 0.1) is 6.54 Å². The van der Waals surface area contributed by atoms with Crippen LogP contribution in [0.15, 0.2) is 17.5 Å². The molecule has 1 aliphatic rings. The summed E-state index contributed by atoms with van der Waals surface area (Å²) in [6, 6.07) is 3.14. The molecule has 2 rings (SSSR count). The fraction of sp³-hybridized carbons (Fsp3) is 0.529. The molecule has 1 aromatic rings. The molecular formula is C17H23N3O5S. The summed E-state index contributed by atoms with van der Waals surface area (Å²) in [6.07, 6.45) is -0.159. The number of hydrogen-bond donors (Lipinski definition) is 2. The Balaban J connectivity index is 1.86. The van der Waals surface area contributed by atoms with Gasteiger partial charge in [0, 0.05) is 4.88 Å². The van der Waals surface area contributed by atoms with Crippen molar-refractivity contribution in [2.24, 2.45) is 0 Å². The highest BCUT2D eigenvalue weighted by Gasteiger charge is 2.49. The van der Waals surface area contributed by atoms with E-state index in [1.165, 1.54) is 18.3 Å². The van der Waals surface area contributed by atoms with Gasteiger partial charge in [0.25, 0.3) is 11.8 Å². The van der Waals surface area contributed by atoms with Crippen molar-refractivity contribution >= 4 is 35.2 Å². The molecule has 0 unspecified atom stereocenters. The second-order valence-electron chi connectivity index (χ2n) is 6.04. The van der Waals surface area contributed by atoms with E-state index in [1.807, 2.05) is 17.5 Å². The quantitative estimate of drug-likeness (QED) is 0.523. The van der Waals surface area contributed by atoms with Crippen molar-refractivity contribution in [1.29, 1.82) is 0 Å². The summed E-state index contributed by atoms with van der Waals surface area (Å²) < 4.78 is 5.05. The van der Waals surface area contributed by atoms with Gasteiger partial charge in [-0.1, -0.05) is 19.9 Å². The molecule has 0 aromatic carbocycles. The lowest BCUT2D eigenvalue weighted by Gasteiger charge is -2.23. The minimum Gasteiger partial charge on any atom is -0.451 e. The molecule has 1 atom stereocenters. The van der Waals surface area contributed by atoms with Gasteiger partial charge in [0.2, 0.25) is 0 Å². The van der Waals surface area contributed by atoms with Crippen molar-refractivity contribution in [3.05, 3.63) is 22.4 Å². The zero-order valence-corrected chi connectivity index (χ0v) is 15.9. The van der Waals surface area contributed by atoms with Crippen molar-refractivity contribution in [3.63, 3.8) is 0 Å². The van der Waals surface area contributed by atoms with Gasteiger partial charge in [-0.25, -0.2) is 4.79 Å². The van der Waals surface area contributed by atoms with E-state index < -0.39 is 42.0 Å². The van der Waals surface area contributed by atoms with Crippen LogP contribution < -0.4 is 10.6 Å². The van der Waals surface area contributed by atoms with E-state index in [4.69, 9.17) is 4.74 Å². The maximum atomic E-state index is 12.4. The van der Waals surface area contributed by atoms with E-state index in [0.717, 1.165) is 9.78 Å². The third kappa shape index (κ3) is 4.21.